The van der Waals surface area contributed by atoms with Gasteiger partial charge in [-0.1, -0.05) is 167 Å². The van der Waals surface area contributed by atoms with Crippen LogP contribution in [-0.2, 0) is 9.53 Å². The van der Waals surface area contributed by atoms with Crippen molar-refractivity contribution in [3.05, 3.63) is 35.9 Å². The Balaban J connectivity index is 1.72. The predicted molar refractivity (Wildman–Crippen MR) is 165 cm³/mol. The van der Waals surface area contributed by atoms with E-state index in [0.29, 0.717) is 6.61 Å². The standard InChI is InChI=1S/C35H60O3/c1-2-3-4-5-6-7-8-9-10-11-12-13-14-15-16-17-18-19-20-21-22-23-24-25-32-38-35(37)31-28-33-26-29-34(36)30-27-33/h26-31,36H,2-25,32H2,1H3. The van der Waals surface area contributed by atoms with Crippen LogP contribution < -0.4 is 0 Å². The van der Waals surface area contributed by atoms with E-state index in [1.807, 2.05) is 0 Å². The average Bonchev–Trinajstić information content (AvgIpc) is 2.92. The van der Waals surface area contributed by atoms with Gasteiger partial charge in [-0.25, -0.2) is 4.79 Å². The molecule has 3 heteroatoms. The summed E-state index contributed by atoms with van der Waals surface area (Å²) in [6.45, 7) is 2.79. The molecule has 0 saturated carbocycles. The fourth-order valence-electron chi connectivity index (χ4n) is 5.03. The highest BCUT2D eigenvalue weighted by molar-refractivity contribution is 5.87. The van der Waals surface area contributed by atoms with Crippen LogP contribution in [-0.4, -0.2) is 17.7 Å². The third kappa shape index (κ3) is 23.4. The molecule has 0 atom stereocenters. The lowest BCUT2D eigenvalue weighted by molar-refractivity contribution is -0.137. The van der Waals surface area contributed by atoms with E-state index < -0.39 is 0 Å². The molecule has 0 amide bonds. The molecule has 0 saturated heterocycles. The molecule has 1 aromatic carbocycles. The first-order chi connectivity index (χ1) is 18.7. The molecule has 218 valence electrons. The number of phenols is 1. The van der Waals surface area contributed by atoms with E-state index in [-0.39, 0.29) is 11.7 Å². The number of ether oxygens (including phenoxy) is 1. The van der Waals surface area contributed by atoms with Crippen LogP contribution in [0.2, 0.25) is 0 Å². The summed E-state index contributed by atoms with van der Waals surface area (Å²) in [5.41, 5.74) is 0.870. The molecular formula is C35H60O3. The quantitative estimate of drug-likeness (QED) is 0.0701. The van der Waals surface area contributed by atoms with E-state index in [9.17, 15) is 9.90 Å². The summed E-state index contributed by atoms with van der Waals surface area (Å²) in [7, 11) is 0. The maximum atomic E-state index is 11.8. The number of carbonyl (C=O) groups is 1. The van der Waals surface area contributed by atoms with Gasteiger partial charge in [0.25, 0.3) is 0 Å². The zero-order valence-corrected chi connectivity index (χ0v) is 24.9. The van der Waals surface area contributed by atoms with Crippen molar-refractivity contribution < 1.29 is 14.6 Å². The summed E-state index contributed by atoms with van der Waals surface area (Å²) in [5.74, 6) is -0.0766. The second-order valence-electron chi connectivity index (χ2n) is 11.2. The number of phenolic OH excluding ortho intramolecular Hbond substituents is 1. The summed E-state index contributed by atoms with van der Waals surface area (Å²) in [6, 6.07) is 6.74. The second kappa shape index (κ2) is 26.8. The zero-order chi connectivity index (χ0) is 27.4. The van der Waals surface area contributed by atoms with Crippen LogP contribution in [0, 0.1) is 0 Å². The van der Waals surface area contributed by atoms with Gasteiger partial charge in [0.15, 0.2) is 0 Å². The third-order valence-electron chi connectivity index (χ3n) is 7.55. The SMILES string of the molecule is CCCCCCCCCCCCCCCCCCCCCCCCCCOC(=O)C=Cc1ccc(O)cc1. The van der Waals surface area contributed by atoms with E-state index >= 15 is 0 Å². The van der Waals surface area contributed by atoms with E-state index in [0.717, 1.165) is 18.4 Å². The van der Waals surface area contributed by atoms with Gasteiger partial charge in [0.2, 0.25) is 0 Å². The van der Waals surface area contributed by atoms with Gasteiger partial charge >= 0.3 is 5.97 Å². The van der Waals surface area contributed by atoms with Crippen LogP contribution in [0.25, 0.3) is 6.08 Å². The normalized spacial score (nSPS) is 11.4. The van der Waals surface area contributed by atoms with Gasteiger partial charge in [0, 0.05) is 6.08 Å². The molecular weight excluding hydrogens is 468 g/mol. The van der Waals surface area contributed by atoms with Crippen molar-refractivity contribution in [2.24, 2.45) is 0 Å². The molecule has 1 aromatic rings. The number of unbranched alkanes of at least 4 members (excludes halogenated alkanes) is 23. The average molecular weight is 529 g/mol. The summed E-state index contributed by atoms with van der Waals surface area (Å²) in [6.07, 6.45) is 36.4. The Kier molecular flexibility index (Phi) is 24.2. The Morgan fingerprint density at radius 1 is 0.579 bits per heavy atom. The third-order valence-corrected chi connectivity index (χ3v) is 7.55. The minimum absolute atomic E-state index is 0.222. The Bertz CT molecular complexity index is 664. The molecule has 0 aliphatic carbocycles. The molecule has 38 heavy (non-hydrogen) atoms. The van der Waals surface area contributed by atoms with Gasteiger partial charge in [-0.05, 0) is 30.2 Å². The molecule has 0 unspecified atom stereocenters. The second-order valence-corrected chi connectivity index (χ2v) is 11.2. The van der Waals surface area contributed by atoms with Crippen LogP contribution in [0.15, 0.2) is 30.3 Å². The van der Waals surface area contributed by atoms with Crippen molar-refractivity contribution in [1.29, 1.82) is 0 Å². The van der Waals surface area contributed by atoms with Gasteiger partial charge in [-0.3, -0.25) is 0 Å². The lowest BCUT2D eigenvalue weighted by Crippen LogP contribution is -2.02. The van der Waals surface area contributed by atoms with Gasteiger partial charge in [0.1, 0.15) is 5.75 Å². The lowest BCUT2D eigenvalue weighted by Gasteiger charge is -2.04. The monoisotopic (exact) mass is 528 g/mol. The number of benzene rings is 1. The van der Waals surface area contributed by atoms with Crippen molar-refractivity contribution in [3.8, 4) is 5.75 Å². The van der Waals surface area contributed by atoms with Gasteiger partial charge in [0.05, 0.1) is 6.61 Å². The van der Waals surface area contributed by atoms with Crippen molar-refractivity contribution in [2.45, 2.75) is 161 Å². The van der Waals surface area contributed by atoms with Gasteiger partial charge in [-0.2, -0.15) is 0 Å². The van der Waals surface area contributed by atoms with Crippen molar-refractivity contribution >= 4 is 12.0 Å². The molecule has 3 nitrogen and oxygen atoms in total. The molecule has 0 spiro atoms. The largest absolute Gasteiger partial charge is 0.508 e. The highest BCUT2D eigenvalue weighted by Gasteiger charge is 1.99. The van der Waals surface area contributed by atoms with Crippen molar-refractivity contribution in [2.75, 3.05) is 6.61 Å². The van der Waals surface area contributed by atoms with Crippen LogP contribution in [0.4, 0.5) is 0 Å². The van der Waals surface area contributed by atoms with E-state index in [1.54, 1.807) is 30.3 Å². The Hall–Kier alpha value is -1.77. The molecule has 0 heterocycles. The maximum Gasteiger partial charge on any atom is 0.330 e. The zero-order valence-electron chi connectivity index (χ0n) is 24.9. The molecule has 0 fully saturated rings. The summed E-state index contributed by atoms with van der Waals surface area (Å²) < 4.78 is 5.26. The van der Waals surface area contributed by atoms with E-state index in [1.165, 1.54) is 147 Å². The molecule has 0 aliphatic heterocycles. The number of hydrogen-bond donors (Lipinski definition) is 1. The van der Waals surface area contributed by atoms with Crippen molar-refractivity contribution in [3.63, 3.8) is 0 Å². The van der Waals surface area contributed by atoms with E-state index in [4.69, 9.17) is 4.74 Å². The van der Waals surface area contributed by atoms with Crippen LogP contribution in [0.1, 0.15) is 167 Å². The summed E-state index contributed by atoms with van der Waals surface area (Å²) in [4.78, 5) is 11.8. The first-order valence-electron chi connectivity index (χ1n) is 16.4. The Morgan fingerprint density at radius 3 is 1.29 bits per heavy atom. The summed E-state index contributed by atoms with van der Waals surface area (Å²) >= 11 is 0. The number of hydrogen-bond acceptors (Lipinski definition) is 3. The maximum absolute atomic E-state index is 11.8. The number of aromatic hydroxyl groups is 1. The van der Waals surface area contributed by atoms with Gasteiger partial charge in [-0.15, -0.1) is 0 Å². The molecule has 1 N–H and O–H groups in total. The smallest absolute Gasteiger partial charge is 0.330 e. The number of carbonyl (C=O) groups excluding carboxylic acids is 1. The fourth-order valence-corrected chi connectivity index (χ4v) is 5.03. The van der Waals surface area contributed by atoms with Crippen LogP contribution >= 0.6 is 0 Å². The highest BCUT2D eigenvalue weighted by atomic mass is 16.5. The predicted octanol–water partition coefficient (Wildman–Crippen LogP) is 11.3. The first kappa shape index (κ1) is 34.3. The lowest BCUT2D eigenvalue weighted by atomic mass is 10.0. The molecule has 0 aromatic heterocycles. The summed E-state index contributed by atoms with van der Waals surface area (Å²) in [5, 5.41) is 9.27. The Labute approximate surface area is 235 Å². The molecule has 0 aliphatic rings. The van der Waals surface area contributed by atoms with Crippen LogP contribution in [0.5, 0.6) is 5.75 Å². The minimum atomic E-state index is -0.299. The first-order valence-corrected chi connectivity index (χ1v) is 16.4. The Morgan fingerprint density at radius 2 is 0.921 bits per heavy atom. The van der Waals surface area contributed by atoms with Gasteiger partial charge < -0.3 is 9.84 Å². The fraction of sp³-hybridized carbons (Fsp3) is 0.743. The highest BCUT2D eigenvalue weighted by Crippen LogP contribution is 2.16. The number of esters is 1. The number of rotatable bonds is 27. The van der Waals surface area contributed by atoms with E-state index in [2.05, 4.69) is 6.92 Å². The molecule has 1 rings (SSSR count). The molecule has 0 radical (unpaired) electrons. The van der Waals surface area contributed by atoms with Crippen LogP contribution in [0.3, 0.4) is 0 Å². The topological polar surface area (TPSA) is 46.5 Å². The molecule has 0 bridgehead atoms. The van der Waals surface area contributed by atoms with Crippen molar-refractivity contribution in [1.82, 2.24) is 0 Å². The minimum Gasteiger partial charge on any atom is -0.508 e.